The van der Waals surface area contributed by atoms with E-state index in [0.717, 1.165) is 6.07 Å². The lowest BCUT2D eigenvalue weighted by molar-refractivity contribution is 0.0109. The number of likely N-dealkylation sites (N-methyl/N-ethyl adjacent to an activating group) is 1. The monoisotopic (exact) mass is 418 g/mol. The molecule has 0 spiro atoms. The Hall–Kier alpha value is -2.68. The minimum absolute atomic E-state index is 0.0916. The van der Waals surface area contributed by atoms with Crippen LogP contribution >= 0.6 is 0 Å². The Morgan fingerprint density at radius 3 is 2.67 bits per heavy atom. The molecule has 0 radical (unpaired) electrons. The molecule has 8 heteroatoms. The van der Waals surface area contributed by atoms with Gasteiger partial charge in [-0.3, -0.25) is 9.69 Å². The Kier molecular flexibility index (Phi) is 7.25. The van der Waals surface area contributed by atoms with Crippen LogP contribution in [-0.4, -0.2) is 72.6 Å². The molecule has 1 amide bonds. The Bertz CT molecular complexity index is 865. The number of nitrogens with zero attached hydrogens (tertiary/aromatic N) is 1. The van der Waals surface area contributed by atoms with Gasteiger partial charge in [-0.05, 0) is 37.4 Å². The molecule has 0 aromatic heterocycles. The summed E-state index contributed by atoms with van der Waals surface area (Å²) in [5, 5.41) is 23.1. The summed E-state index contributed by atoms with van der Waals surface area (Å²) in [5.41, 5.74) is 0.199. The van der Waals surface area contributed by atoms with Crippen molar-refractivity contribution in [3.63, 3.8) is 0 Å². The Balaban J connectivity index is 1.78. The second kappa shape index (κ2) is 9.88. The first-order valence-corrected chi connectivity index (χ1v) is 9.79. The predicted molar refractivity (Wildman–Crippen MR) is 109 cm³/mol. The van der Waals surface area contributed by atoms with Gasteiger partial charge < -0.3 is 25.0 Å². The van der Waals surface area contributed by atoms with Gasteiger partial charge in [0.05, 0.1) is 25.8 Å². The lowest BCUT2D eigenvalue weighted by Gasteiger charge is -2.31. The van der Waals surface area contributed by atoms with Crippen molar-refractivity contribution in [3.05, 3.63) is 59.9 Å². The summed E-state index contributed by atoms with van der Waals surface area (Å²) >= 11 is 0. The lowest BCUT2D eigenvalue weighted by atomic mass is 10.1. The van der Waals surface area contributed by atoms with Crippen LogP contribution < -0.4 is 14.8 Å². The van der Waals surface area contributed by atoms with E-state index in [-0.39, 0.29) is 12.2 Å². The third-order valence-corrected chi connectivity index (χ3v) is 5.32. The number of hydrogen-bond donors (Lipinski definition) is 3. The molecule has 30 heavy (non-hydrogen) atoms. The molecule has 1 aliphatic rings. The topological polar surface area (TPSA) is 91.3 Å². The fourth-order valence-corrected chi connectivity index (χ4v) is 3.85. The highest BCUT2D eigenvalue weighted by atomic mass is 19.1. The maximum Gasteiger partial charge on any atom is 0.251 e. The van der Waals surface area contributed by atoms with E-state index in [1.54, 1.807) is 43.3 Å². The third kappa shape index (κ3) is 5.08. The molecular formula is C22H27FN2O5. The van der Waals surface area contributed by atoms with Gasteiger partial charge in [0.15, 0.2) is 0 Å². The highest BCUT2D eigenvalue weighted by molar-refractivity contribution is 5.94. The maximum absolute atomic E-state index is 13.5. The van der Waals surface area contributed by atoms with Crippen LogP contribution in [0.4, 0.5) is 4.39 Å². The summed E-state index contributed by atoms with van der Waals surface area (Å²) in [7, 11) is 3.32. The van der Waals surface area contributed by atoms with Crippen molar-refractivity contribution in [2.24, 2.45) is 0 Å². The number of ether oxygens (including phenoxy) is 2. The van der Waals surface area contributed by atoms with E-state index in [4.69, 9.17) is 9.47 Å². The zero-order valence-electron chi connectivity index (χ0n) is 17.0. The van der Waals surface area contributed by atoms with E-state index in [0.29, 0.717) is 24.5 Å². The maximum atomic E-state index is 13.5. The number of nitrogens with one attached hydrogen (secondary N) is 1. The quantitative estimate of drug-likeness (QED) is 0.601. The lowest BCUT2D eigenvalue weighted by Crippen LogP contribution is -2.52. The molecule has 4 atom stereocenters. The molecule has 0 unspecified atom stereocenters. The van der Waals surface area contributed by atoms with E-state index in [9.17, 15) is 19.4 Å². The first-order chi connectivity index (χ1) is 14.4. The fourth-order valence-electron chi connectivity index (χ4n) is 3.85. The number of benzene rings is 2. The number of halogens is 1. The number of aliphatic hydroxyl groups excluding tert-OH is 2. The number of amides is 1. The zero-order chi connectivity index (χ0) is 21.7. The Labute approximate surface area is 175 Å². The van der Waals surface area contributed by atoms with Crippen LogP contribution in [0.1, 0.15) is 16.8 Å². The van der Waals surface area contributed by atoms with Gasteiger partial charge in [-0.25, -0.2) is 4.39 Å². The van der Waals surface area contributed by atoms with Gasteiger partial charge in [-0.15, -0.1) is 0 Å². The summed E-state index contributed by atoms with van der Waals surface area (Å²) in [6.45, 7) is 0.228. The molecule has 7 nitrogen and oxygen atoms in total. The highest BCUT2D eigenvalue weighted by Gasteiger charge is 2.46. The summed E-state index contributed by atoms with van der Waals surface area (Å²) in [6, 6.07) is 11.6. The second-order valence-electron chi connectivity index (χ2n) is 7.35. The fraction of sp³-hybridized carbons (Fsp3) is 0.409. The Morgan fingerprint density at radius 2 is 1.97 bits per heavy atom. The number of carbonyl (C=O) groups excluding carboxylic acids is 1. The molecule has 2 aromatic rings. The van der Waals surface area contributed by atoms with Crippen molar-refractivity contribution in [1.82, 2.24) is 10.2 Å². The third-order valence-electron chi connectivity index (χ3n) is 5.32. The molecule has 2 aromatic carbocycles. The van der Waals surface area contributed by atoms with Crippen molar-refractivity contribution in [3.8, 4) is 11.5 Å². The van der Waals surface area contributed by atoms with E-state index >= 15 is 0 Å². The molecule has 3 rings (SSSR count). The van der Waals surface area contributed by atoms with Gasteiger partial charge in [0.1, 0.15) is 29.5 Å². The number of hydrogen-bond acceptors (Lipinski definition) is 6. The van der Waals surface area contributed by atoms with Crippen LogP contribution in [0.2, 0.25) is 0 Å². The molecule has 3 N–H and O–H groups in total. The zero-order valence-corrected chi connectivity index (χ0v) is 17.0. The van der Waals surface area contributed by atoms with Crippen LogP contribution in [0.3, 0.4) is 0 Å². The van der Waals surface area contributed by atoms with Gasteiger partial charge in [0.2, 0.25) is 0 Å². The van der Waals surface area contributed by atoms with E-state index in [1.165, 1.54) is 18.2 Å². The molecule has 0 saturated heterocycles. The van der Waals surface area contributed by atoms with Crippen LogP contribution in [0.25, 0.3) is 0 Å². The molecule has 1 fully saturated rings. The van der Waals surface area contributed by atoms with E-state index in [2.05, 4.69) is 5.32 Å². The first-order valence-electron chi connectivity index (χ1n) is 9.79. The SMILES string of the molecule is COc1cccc(O[C@@H]2C[C@@H](NC(=O)c3cccc(F)c3)[C@H](N(C)CCO)[C@H]2O)c1. The summed E-state index contributed by atoms with van der Waals surface area (Å²) in [6.07, 6.45) is -1.15. The van der Waals surface area contributed by atoms with Crippen molar-refractivity contribution >= 4 is 5.91 Å². The normalized spacial score (nSPS) is 23.4. The summed E-state index contributed by atoms with van der Waals surface area (Å²) < 4.78 is 24.7. The average Bonchev–Trinajstić information content (AvgIpc) is 3.03. The minimum atomic E-state index is -0.912. The molecule has 0 bridgehead atoms. The minimum Gasteiger partial charge on any atom is -0.497 e. The number of carbonyl (C=O) groups is 1. The van der Waals surface area contributed by atoms with Crippen LogP contribution in [0.5, 0.6) is 11.5 Å². The van der Waals surface area contributed by atoms with Gasteiger partial charge in [0, 0.05) is 24.6 Å². The molecule has 1 saturated carbocycles. The van der Waals surface area contributed by atoms with Crippen LogP contribution in [0.15, 0.2) is 48.5 Å². The molecule has 0 heterocycles. The summed E-state index contributed by atoms with van der Waals surface area (Å²) in [4.78, 5) is 14.4. The number of methoxy groups -OCH3 is 1. The van der Waals surface area contributed by atoms with Gasteiger partial charge in [-0.1, -0.05) is 12.1 Å². The number of aliphatic hydroxyl groups is 2. The van der Waals surface area contributed by atoms with Gasteiger partial charge in [-0.2, -0.15) is 0 Å². The second-order valence-corrected chi connectivity index (χ2v) is 7.35. The van der Waals surface area contributed by atoms with Gasteiger partial charge in [0.25, 0.3) is 5.91 Å². The molecule has 162 valence electrons. The summed E-state index contributed by atoms with van der Waals surface area (Å²) in [5.74, 6) is 0.238. The van der Waals surface area contributed by atoms with E-state index < -0.39 is 36.0 Å². The van der Waals surface area contributed by atoms with E-state index in [1.807, 2.05) is 0 Å². The molecule has 1 aliphatic carbocycles. The standard InChI is InChI=1S/C22H27FN2O5/c1-25(9-10-26)20-18(24-22(28)14-5-3-6-15(23)11-14)13-19(21(20)27)30-17-8-4-7-16(12-17)29-2/h3-8,11-12,18-21,26-27H,9-10,13H2,1-2H3,(H,24,28)/t18-,19-,20+,21+/m1/s1. The highest BCUT2D eigenvalue weighted by Crippen LogP contribution is 2.30. The van der Waals surface area contributed by atoms with Gasteiger partial charge >= 0.3 is 0 Å². The first kappa shape index (κ1) is 22.0. The molecular weight excluding hydrogens is 391 g/mol. The van der Waals surface area contributed by atoms with Crippen molar-refractivity contribution in [2.45, 2.75) is 30.7 Å². The number of rotatable bonds is 8. The van der Waals surface area contributed by atoms with Crippen LogP contribution in [0, 0.1) is 5.82 Å². The Morgan fingerprint density at radius 1 is 1.23 bits per heavy atom. The smallest absolute Gasteiger partial charge is 0.251 e. The van der Waals surface area contributed by atoms with Crippen molar-refractivity contribution < 1.29 is 28.9 Å². The largest absolute Gasteiger partial charge is 0.497 e. The average molecular weight is 418 g/mol. The van der Waals surface area contributed by atoms with Crippen LogP contribution in [-0.2, 0) is 0 Å². The van der Waals surface area contributed by atoms with Crippen molar-refractivity contribution in [2.75, 3.05) is 27.3 Å². The van der Waals surface area contributed by atoms with Crippen molar-refractivity contribution in [1.29, 1.82) is 0 Å². The predicted octanol–water partition coefficient (Wildman–Crippen LogP) is 1.44. The molecule has 0 aliphatic heterocycles.